The van der Waals surface area contributed by atoms with E-state index < -0.39 is 10.0 Å². The maximum absolute atomic E-state index is 13.7. The number of unbranched alkanes of at least 4 members (excludes halogenated alkanes) is 1. The van der Waals surface area contributed by atoms with Crippen LogP contribution in [-0.2, 0) is 6.42 Å². The highest BCUT2D eigenvalue weighted by Gasteiger charge is 2.15. The van der Waals surface area contributed by atoms with Gasteiger partial charge in [-0.05, 0) is 67.5 Å². The van der Waals surface area contributed by atoms with E-state index in [0.29, 0.717) is 0 Å². The highest BCUT2D eigenvalue weighted by molar-refractivity contribution is 8.32. The van der Waals surface area contributed by atoms with Gasteiger partial charge < -0.3 is 0 Å². The predicted octanol–water partition coefficient (Wildman–Crippen LogP) is 6.91. The third kappa shape index (κ3) is 6.68. The number of halogens is 1. The molecule has 0 aliphatic heterocycles. The highest BCUT2D eigenvalue weighted by atomic mass is 32.3. The molecular weight excluding hydrogens is 315 g/mol. The first-order valence-corrected chi connectivity index (χ1v) is 11.4. The van der Waals surface area contributed by atoms with Crippen molar-refractivity contribution >= 4 is 10.0 Å². The Bertz CT molecular complexity index is 593. The van der Waals surface area contributed by atoms with Gasteiger partial charge in [0, 0.05) is 0 Å². The van der Waals surface area contributed by atoms with E-state index in [1.165, 1.54) is 34.6 Å². The molecule has 0 aliphatic carbocycles. The van der Waals surface area contributed by atoms with Crippen LogP contribution in [0.5, 0.6) is 0 Å². The lowest BCUT2D eigenvalue weighted by Crippen LogP contribution is -2.03. The Morgan fingerprint density at radius 1 is 0.875 bits per heavy atom. The third-order valence-corrected chi connectivity index (χ3v) is 7.11. The Morgan fingerprint density at radius 3 is 1.83 bits per heavy atom. The van der Waals surface area contributed by atoms with Crippen LogP contribution >= 0.6 is 10.0 Å². The van der Waals surface area contributed by atoms with Gasteiger partial charge in [-0.2, -0.15) is 0 Å². The molecule has 0 N–H and O–H groups in total. The van der Waals surface area contributed by atoms with Crippen LogP contribution in [0.25, 0.3) is 0 Å². The van der Waals surface area contributed by atoms with Crippen molar-refractivity contribution < 1.29 is 4.39 Å². The molecule has 2 heteroatoms. The van der Waals surface area contributed by atoms with E-state index in [2.05, 4.69) is 63.6 Å². The zero-order chi connectivity index (χ0) is 18.2. The average molecular weight is 349 g/mol. The summed E-state index contributed by atoms with van der Waals surface area (Å²) in [5.74, 6) is 1.17. The second-order valence-corrected chi connectivity index (χ2v) is 10.8. The topological polar surface area (TPSA) is 0 Å². The van der Waals surface area contributed by atoms with E-state index in [9.17, 15) is 4.39 Å². The van der Waals surface area contributed by atoms with E-state index in [1.807, 2.05) is 13.0 Å². The number of aryl methyl sites for hydroxylation is 3. The molecule has 0 spiro atoms. The van der Waals surface area contributed by atoms with Gasteiger partial charge in [-0.15, -0.1) is 0 Å². The van der Waals surface area contributed by atoms with Crippen molar-refractivity contribution in [2.24, 2.45) is 0 Å². The molecule has 0 fully saturated rings. The molecule has 0 saturated carbocycles. The van der Waals surface area contributed by atoms with E-state index >= 15 is 0 Å². The lowest BCUT2D eigenvalue weighted by Gasteiger charge is -2.32. The summed E-state index contributed by atoms with van der Waals surface area (Å²) in [7, 11) is -0.810. The molecule has 2 aromatic rings. The molecule has 0 unspecified atom stereocenters. The van der Waals surface area contributed by atoms with Gasteiger partial charge in [0.05, 0.1) is 0 Å². The SMILES string of the molecule is CCCCS(C)(C)c1ccc(CC)c(F)c1.Cc1ccc(C)cc1. The van der Waals surface area contributed by atoms with E-state index in [0.717, 1.165) is 12.0 Å². The summed E-state index contributed by atoms with van der Waals surface area (Å²) < 4.78 is 13.7. The fraction of sp³-hybridized carbons (Fsp3) is 0.455. The van der Waals surface area contributed by atoms with Crippen molar-refractivity contribution in [2.75, 3.05) is 18.3 Å². The van der Waals surface area contributed by atoms with Crippen LogP contribution in [0.3, 0.4) is 0 Å². The number of hydrogen-bond donors (Lipinski definition) is 0. The Labute approximate surface area is 149 Å². The predicted molar refractivity (Wildman–Crippen MR) is 109 cm³/mol. The summed E-state index contributed by atoms with van der Waals surface area (Å²) in [4.78, 5) is 1.20. The summed E-state index contributed by atoms with van der Waals surface area (Å²) in [6.45, 7) is 8.39. The van der Waals surface area contributed by atoms with Gasteiger partial charge in [0.2, 0.25) is 0 Å². The first kappa shape index (κ1) is 20.8. The Kier molecular flexibility index (Phi) is 8.55. The molecule has 0 aromatic heterocycles. The van der Waals surface area contributed by atoms with E-state index in [1.54, 1.807) is 6.07 Å². The molecule has 0 radical (unpaired) electrons. The fourth-order valence-electron chi connectivity index (χ4n) is 2.42. The minimum Gasteiger partial charge on any atom is -0.220 e. The smallest absolute Gasteiger partial charge is 0.127 e. The molecule has 24 heavy (non-hydrogen) atoms. The van der Waals surface area contributed by atoms with Gasteiger partial charge in [0.25, 0.3) is 0 Å². The molecule has 0 heterocycles. The molecule has 0 amide bonds. The summed E-state index contributed by atoms with van der Waals surface area (Å²) in [6.07, 6.45) is 7.79. The molecule has 0 saturated heterocycles. The molecule has 0 aliphatic rings. The Morgan fingerprint density at radius 2 is 1.42 bits per heavy atom. The lowest BCUT2D eigenvalue weighted by molar-refractivity contribution is 0.608. The van der Waals surface area contributed by atoms with Crippen LogP contribution in [0.2, 0.25) is 0 Å². The quantitative estimate of drug-likeness (QED) is 0.550. The minimum absolute atomic E-state index is 0.0305. The van der Waals surface area contributed by atoms with Crippen molar-refractivity contribution in [1.82, 2.24) is 0 Å². The van der Waals surface area contributed by atoms with Gasteiger partial charge in [-0.25, -0.2) is 14.4 Å². The Hall–Kier alpha value is -1.28. The third-order valence-electron chi connectivity index (χ3n) is 4.27. The van der Waals surface area contributed by atoms with Crippen molar-refractivity contribution in [2.45, 2.75) is 51.9 Å². The first-order chi connectivity index (χ1) is 11.3. The van der Waals surface area contributed by atoms with Crippen LogP contribution in [0.4, 0.5) is 4.39 Å². The van der Waals surface area contributed by atoms with E-state index in [-0.39, 0.29) is 5.82 Å². The normalized spacial score (nSPS) is 11.6. The average Bonchev–Trinajstić information content (AvgIpc) is 2.56. The van der Waals surface area contributed by atoms with Crippen molar-refractivity contribution in [3.63, 3.8) is 0 Å². The molecule has 0 nitrogen and oxygen atoms in total. The molecule has 2 rings (SSSR count). The van der Waals surface area contributed by atoms with Gasteiger partial charge in [0.15, 0.2) is 0 Å². The van der Waals surface area contributed by atoms with Crippen molar-refractivity contribution in [1.29, 1.82) is 0 Å². The van der Waals surface area contributed by atoms with Crippen LogP contribution in [0.15, 0.2) is 47.4 Å². The second kappa shape index (κ2) is 9.88. The standard InChI is InChI=1S/C14H23FS.C8H10/c1-5-7-10-16(3,4)13-9-8-12(6-2)14(15)11-13;1-7-3-5-8(2)6-4-7/h8-9,11H,5-7,10H2,1-4H3;3-6H,1-2H3. The molecule has 0 atom stereocenters. The molecular formula is C22H33FS. The van der Waals surface area contributed by atoms with Crippen molar-refractivity contribution in [3.8, 4) is 0 Å². The zero-order valence-electron chi connectivity index (χ0n) is 16.2. The molecule has 134 valence electrons. The minimum atomic E-state index is -0.810. The van der Waals surface area contributed by atoms with Gasteiger partial charge >= 0.3 is 0 Å². The summed E-state index contributed by atoms with van der Waals surface area (Å²) in [5.41, 5.74) is 3.49. The van der Waals surface area contributed by atoms with E-state index in [4.69, 9.17) is 0 Å². The maximum Gasteiger partial charge on any atom is 0.127 e. The summed E-state index contributed by atoms with van der Waals surface area (Å²) in [5, 5.41) is 0. The molecule has 2 aromatic carbocycles. The van der Waals surface area contributed by atoms with Crippen LogP contribution in [0, 0.1) is 19.7 Å². The lowest BCUT2D eigenvalue weighted by atomic mass is 10.2. The zero-order valence-corrected chi connectivity index (χ0v) is 17.0. The van der Waals surface area contributed by atoms with Crippen LogP contribution in [0.1, 0.15) is 43.4 Å². The molecule has 0 bridgehead atoms. The number of hydrogen-bond acceptors (Lipinski definition) is 0. The van der Waals surface area contributed by atoms with Crippen LogP contribution in [-0.4, -0.2) is 18.3 Å². The number of rotatable bonds is 5. The Balaban J connectivity index is 0.000000300. The first-order valence-electron chi connectivity index (χ1n) is 8.83. The fourth-order valence-corrected chi connectivity index (χ4v) is 4.52. The summed E-state index contributed by atoms with van der Waals surface area (Å²) in [6, 6.07) is 14.3. The maximum atomic E-state index is 13.7. The van der Waals surface area contributed by atoms with Crippen LogP contribution < -0.4 is 0 Å². The highest BCUT2D eigenvalue weighted by Crippen LogP contribution is 2.49. The van der Waals surface area contributed by atoms with Gasteiger partial charge in [-0.3, -0.25) is 0 Å². The monoisotopic (exact) mass is 348 g/mol. The second-order valence-electron chi connectivity index (χ2n) is 6.86. The largest absolute Gasteiger partial charge is 0.220 e. The van der Waals surface area contributed by atoms with Crippen molar-refractivity contribution in [3.05, 3.63) is 65.0 Å². The van der Waals surface area contributed by atoms with Gasteiger partial charge in [0.1, 0.15) is 5.82 Å². The summed E-state index contributed by atoms with van der Waals surface area (Å²) >= 11 is 0. The van der Waals surface area contributed by atoms with Gasteiger partial charge in [-0.1, -0.05) is 61.7 Å². The number of benzene rings is 2.